The molecule has 1 aliphatic rings. The Labute approximate surface area is 94.6 Å². The molecule has 1 aromatic heterocycles. The largest absolute Gasteiger partial charge is 0.378 e. The second kappa shape index (κ2) is 4.61. The van der Waals surface area contributed by atoms with Crippen LogP contribution in [-0.2, 0) is 4.74 Å². The SMILES string of the molecule is Cc1ccsc1C(NN)C1COC(C)C1. The molecule has 0 bridgehead atoms. The third kappa shape index (κ3) is 2.23. The van der Waals surface area contributed by atoms with Crippen molar-refractivity contribution in [3.05, 3.63) is 21.9 Å². The van der Waals surface area contributed by atoms with E-state index in [0.717, 1.165) is 13.0 Å². The highest BCUT2D eigenvalue weighted by Crippen LogP contribution is 2.35. The number of hydrogen-bond acceptors (Lipinski definition) is 4. The minimum atomic E-state index is 0.245. The highest BCUT2D eigenvalue weighted by Gasteiger charge is 2.31. The first-order valence-electron chi connectivity index (χ1n) is 5.34. The number of aryl methyl sites for hydroxylation is 1. The summed E-state index contributed by atoms with van der Waals surface area (Å²) in [5.41, 5.74) is 4.26. The first kappa shape index (κ1) is 11.1. The normalized spacial score (nSPS) is 28.2. The molecular weight excluding hydrogens is 208 g/mol. The Morgan fingerprint density at radius 1 is 1.67 bits per heavy atom. The molecular formula is C11H18N2OS. The Balaban J connectivity index is 2.14. The Bertz CT molecular complexity index is 326. The molecule has 84 valence electrons. The average Bonchev–Trinajstić information content (AvgIpc) is 2.79. The summed E-state index contributed by atoms with van der Waals surface area (Å²) in [6.07, 6.45) is 1.46. The van der Waals surface area contributed by atoms with Crippen LogP contribution in [0.4, 0.5) is 0 Å². The van der Waals surface area contributed by atoms with Gasteiger partial charge < -0.3 is 4.74 Å². The maximum absolute atomic E-state index is 5.66. The van der Waals surface area contributed by atoms with Gasteiger partial charge >= 0.3 is 0 Å². The van der Waals surface area contributed by atoms with Crippen LogP contribution < -0.4 is 11.3 Å². The van der Waals surface area contributed by atoms with Gasteiger partial charge in [0.05, 0.1) is 18.8 Å². The molecule has 1 aliphatic heterocycles. The molecule has 4 heteroatoms. The number of hydrogen-bond donors (Lipinski definition) is 2. The standard InChI is InChI=1S/C11H18N2OS/c1-7-3-4-15-11(7)10(13-12)9-5-8(2)14-6-9/h3-4,8-10,13H,5-6,12H2,1-2H3. The van der Waals surface area contributed by atoms with Crippen molar-refractivity contribution in [2.75, 3.05) is 6.61 Å². The van der Waals surface area contributed by atoms with E-state index in [4.69, 9.17) is 10.6 Å². The van der Waals surface area contributed by atoms with Crippen LogP contribution in [0.3, 0.4) is 0 Å². The minimum Gasteiger partial charge on any atom is -0.378 e. The minimum absolute atomic E-state index is 0.245. The summed E-state index contributed by atoms with van der Waals surface area (Å²) in [7, 11) is 0. The zero-order valence-electron chi connectivity index (χ0n) is 9.19. The van der Waals surface area contributed by atoms with E-state index in [1.807, 2.05) is 0 Å². The number of thiophene rings is 1. The first-order valence-corrected chi connectivity index (χ1v) is 6.22. The molecule has 0 radical (unpaired) electrons. The van der Waals surface area contributed by atoms with Gasteiger partial charge in [-0.25, -0.2) is 0 Å². The monoisotopic (exact) mass is 226 g/mol. The van der Waals surface area contributed by atoms with Gasteiger partial charge in [-0.3, -0.25) is 11.3 Å². The van der Waals surface area contributed by atoms with E-state index in [9.17, 15) is 0 Å². The van der Waals surface area contributed by atoms with Crippen molar-refractivity contribution in [3.8, 4) is 0 Å². The fraction of sp³-hybridized carbons (Fsp3) is 0.636. The third-order valence-electron chi connectivity index (χ3n) is 3.06. The number of ether oxygens (including phenoxy) is 1. The molecule has 3 atom stereocenters. The lowest BCUT2D eigenvalue weighted by atomic mass is 9.95. The summed E-state index contributed by atoms with van der Waals surface area (Å²) < 4.78 is 5.60. The summed E-state index contributed by atoms with van der Waals surface area (Å²) in [6.45, 7) is 5.07. The summed E-state index contributed by atoms with van der Waals surface area (Å²) in [6, 6.07) is 2.39. The van der Waals surface area contributed by atoms with Gasteiger partial charge in [-0.1, -0.05) is 0 Å². The molecule has 1 fully saturated rings. The van der Waals surface area contributed by atoms with Crippen molar-refractivity contribution in [1.82, 2.24) is 5.43 Å². The van der Waals surface area contributed by atoms with Crippen molar-refractivity contribution in [2.45, 2.75) is 32.4 Å². The number of rotatable bonds is 3. The zero-order chi connectivity index (χ0) is 10.8. The van der Waals surface area contributed by atoms with E-state index in [2.05, 4.69) is 30.7 Å². The van der Waals surface area contributed by atoms with E-state index in [1.165, 1.54) is 10.4 Å². The van der Waals surface area contributed by atoms with Gasteiger partial charge in [-0.2, -0.15) is 0 Å². The van der Waals surface area contributed by atoms with Crippen LogP contribution in [0.25, 0.3) is 0 Å². The lowest BCUT2D eigenvalue weighted by molar-refractivity contribution is 0.117. The highest BCUT2D eigenvalue weighted by molar-refractivity contribution is 7.10. The summed E-state index contributed by atoms with van der Waals surface area (Å²) in [5, 5.41) is 2.12. The van der Waals surface area contributed by atoms with E-state index in [0.29, 0.717) is 12.0 Å². The maximum Gasteiger partial charge on any atom is 0.0606 e. The summed E-state index contributed by atoms with van der Waals surface area (Å²) >= 11 is 1.77. The highest BCUT2D eigenvalue weighted by atomic mass is 32.1. The number of nitrogens with one attached hydrogen (secondary N) is 1. The van der Waals surface area contributed by atoms with Crippen LogP contribution in [0.1, 0.15) is 29.8 Å². The maximum atomic E-state index is 5.66. The van der Waals surface area contributed by atoms with Crippen molar-refractivity contribution in [3.63, 3.8) is 0 Å². The van der Waals surface area contributed by atoms with Gasteiger partial charge in [-0.05, 0) is 37.3 Å². The second-order valence-electron chi connectivity index (χ2n) is 4.25. The average molecular weight is 226 g/mol. The van der Waals surface area contributed by atoms with Crippen LogP contribution >= 0.6 is 11.3 Å². The van der Waals surface area contributed by atoms with Crippen molar-refractivity contribution in [2.24, 2.45) is 11.8 Å². The van der Waals surface area contributed by atoms with E-state index < -0.39 is 0 Å². The van der Waals surface area contributed by atoms with Gasteiger partial charge in [-0.15, -0.1) is 11.3 Å². The smallest absolute Gasteiger partial charge is 0.0606 e. The van der Waals surface area contributed by atoms with E-state index in [1.54, 1.807) is 11.3 Å². The van der Waals surface area contributed by atoms with Crippen LogP contribution in [0.5, 0.6) is 0 Å². The van der Waals surface area contributed by atoms with E-state index >= 15 is 0 Å². The Morgan fingerprint density at radius 2 is 2.47 bits per heavy atom. The van der Waals surface area contributed by atoms with Crippen LogP contribution in [0, 0.1) is 12.8 Å². The lowest BCUT2D eigenvalue weighted by Gasteiger charge is -2.21. The summed E-state index contributed by atoms with van der Waals surface area (Å²) in [4.78, 5) is 1.35. The van der Waals surface area contributed by atoms with Crippen LogP contribution in [0.2, 0.25) is 0 Å². The predicted molar refractivity (Wildman–Crippen MR) is 62.6 cm³/mol. The van der Waals surface area contributed by atoms with Crippen LogP contribution in [-0.4, -0.2) is 12.7 Å². The van der Waals surface area contributed by atoms with Gasteiger partial charge in [0.15, 0.2) is 0 Å². The number of hydrazine groups is 1. The molecule has 0 aromatic carbocycles. The van der Waals surface area contributed by atoms with Gasteiger partial charge in [0.25, 0.3) is 0 Å². The Morgan fingerprint density at radius 3 is 2.93 bits per heavy atom. The predicted octanol–water partition coefficient (Wildman–Crippen LogP) is 1.99. The van der Waals surface area contributed by atoms with Crippen molar-refractivity contribution in [1.29, 1.82) is 0 Å². The Hall–Kier alpha value is -0.420. The molecule has 0 saturated carbocycles. The second-order valence-corrected chi connectivity index (χ2v) is 5.20. The first-order chi connectivity index (χ1) is 7.22. The molecule has 15 heavy (non-hydrogen) atoms. The number of nitrogens with two attached hydrogens (primary N) is 1. The van der Waals surface area contributed by atoms with Gasteiger partial charge in [0.1, 0.15) is 0 Å². The van der Waals surface area contributed by atoms with Gasteiger partial charge in [0, 0.05) is 10.8 Å². The molecule has 1 aromatic rings. The fourth-order valence-corrected chi connectivity index (χ4v) is 3.29. The third-order valence-corrected chi connectivity index (χ3v) is 4.17. The Kier molecular flexibility index (Phi) is 3.41. The van der Waals surface area contributed by atoms with Crippen LogP contribution in [0.15, 0.2) is 11.4 Å². The van der Waals surface area contributed by atoms with Gasteiger partial charge in [0.2, 0.25) is 0 Å². The molecule has 0 amide bonds. The topological polar surface area (TPSA) is 47.3 Å². The molecule has 2 rings (SSSR count). The fourth-order valence-electron chi connectivity index (χ4n) is 2.21. The van der Waals surface area contributed by atoms with Crippen molar-refractivity contribution < 1.29 is 4.74 Å². The lowest BCUT2D eigenvalue weighted by Crippen LogP contribution is -2.33. The molecule has 3 N–H and O–H groups in total. The summed E-state index contributed by atoms with van der Waals surface area (Å²) in [5.74, 6) is 6.16. The molecule has 3 unspecified atom stereocenters. The molecule has 2 heterocycles. The molecule has 0 spiro atoms. The molecule has 3 nitrogen and oxygen atoms in total. The van der Waals surface area contributed by atoms with E-state index in [-0.39, 0.29) is 6.04 Å². The zero-order valence-corrected chi connectivity index (χ0v) is 10.0. The molecule has 0 aliphatic carbocycles. The molecule has 1 saturated heterocycles. The van der Waals surface area contributed by atoms with Crippen molar-refractivity contribution >= 4 is 11.3 Å². The quantitative estimate of drug-likeness (QED) is 0.612.